The van der Waals surface area contributed by atoms with Gasteiger partial charge in [0.25, 0.3) is 0 Å². The van der Waals surface area contributed by atoms with Crippen molar-refractivity contribution in [3.63, 3.8) is 0 Å². The van der Waals surface area contributed by atoms with Crippen LogP contribution in [-0.2, 0) is 16.0 Å². The van der Waals surface area contributed by atoms with Crippen molar-refractivity contribution in [2.75, 3.05) is 40.9 Å². The van der Waals surface area contributed by atoms with Gasteiger partial charge >= 0.3 is 0 Å². The van der Waals surface area contributed by atoms with E-state index in [2.05, 4.69) is 19.0 Å². The van der Waals surface area contributed by atoms with E-state index in [1.54, 1.807) is 7.11 Å². The first-order valence-electron chi connectivity index (χ1n) is 8.05. The van der Waals surface area contributed by atoms with Crippen molar-refractivity contribution in [1.82, 2.24) is 9.80 Å². The van der Waals surface area contributed by atoms with E-state index in [9.17, 15) is 4.79 Å². The maximum atomic E-state index is 12.5. The topological polar surface area (TPSA) is 32.8 Å². The number of piperidine rings is 1. The standard InChI is InChI=1S/C18H28N2O2/c1-19(2)18(11-14-22-3)9-12-20(13-10-18)17(21)15-16-7-5-4-6-8-16/h4-8H,9-15H2,1-3H3. The van der Waals surface area contributed by atoms with Gasteiger partial charge in [0.15, 0.2) is 0 Å². The van der Waals surface area contributed by atoms with E-state index in [1.165, 1.54) is 0 Å². The van der Waals surface area contributed by atoms with E-state index in [-0.39, 0.29) is 11.4 Å². The minimum Gasteiger partial charge on any atom is -0.385 e. The van der Waals surface area contributed by atoms with Gasteiger partial charge in [0.1, 0.15) is 0 Å². The van der Waals surface area contributed by atoms with Gasteiger partial charge in [0.2, 0.25) is 5.91 Å². The average Bonchev–Trinajstić information content (AvgIpc) is 2.54. The molecule has 1 heterocycles. The third-order valence-corrected chi connectivity index (χ3v) is 4.97. The van der Waals surface area contributed by atoms with Crippen LogP contribution in [0.5, 0.6) is 0 Å². The predicted octanol–water partition coefficient (Wildman–Crippen LogP) is 2.19. The monoisotopic (exact) mass is 304 g/mol. The third-order valence-electron chi connectivity index (χ3n) is 4.97. The molecule has 0 saturated carbocycles. The Kier molecular flexibility index (Phi) is 5.98. The molecular weight excluding hydrogens is 276 g/mol. The van der Waals surface area contributed by atoms with Crippen LogP contribution in [0.4, 0.5) is 0 Å². The van der Waals surface area contributed by atoms with Crippen LogP contribution in [0.3, 0.4) is 0 Å². The summed E-state index contributed by atoms with van der Waals surface area (Å²) in [6.45, 7) is 2.46. The minimum absolute atomic E-state index is 0.166. The highest BCUT2D eigenvalue weighted by atomic mass is 16.5. The first-order valence-corrected chi connectivity index (χ1v) is 8.05. The fourth-order valence-corrected chi connectivity index (χ4v) is 3.27. The highest BCUT2D eigenvalue weighted by Gasteiger charge is 2.37. The Labute approximate surface area is 134 Å². The maximum absolute atomic E-state index is 12.5. The Hall–Kier alpha value is -1.39. The zero-order valence-corrected chi connectivity index (χ0v) is 14.0. The van der Waals surface area contributed by atoms with E-state index in [0.717, 1.165) is 44.5 Å². The molecule has 1 aliphatic rings. The summed E-state index contributed by atoms with van der Waals surface area (Å²) in [4.78, 5) is 16.8. The Morgan fingerprint density at radius 1 is 1.23 bits per heavy atom. The average molecular weight is 304 g/mol. The second kappa shape index (κ2) is 7.75. The van der Waals surface area contributed by atoms with Gasteiger partial charge in [-0.2, -0.15) is 0 Å². The van der Waals surface area contributed by atoms with Gasteiger partial charge in [0.05, 0.1) is 6.42 Å². The van der Waals surface area contributed by atoms with Gasteiger partial charge in [-0.05, 0) is 38.9 Å². The number of nitrogens with zero attached hydrogens (tertiary/aromatic N) is 2. The number of rotatable bonds is 6. The van der Waals surface area contributed by atoms with Crippen LogP contribution in [0.25, 0.3) is 0 Å². The number of amides is 1. The van der Waals surface area contributed by atoms with Gasteiger partial charge < -0.3 is 14.5 Å². The number of likely N-dealkylation sites (tertiary alicyclic amines) is 1. The molecule has 4 nitrogen and oxygen atoms in total. The minimum atomic E-state index is 0.166. The fourth-order valence-electron chi connectivity index (χ4n) is 3.27. The molecule has 0 atom stereocenters. The molecule has 1 aromatic rings. The lowest BCUT2D eigenvalue weighted by atomic mass is 9.83. The largest absolute Gasteiger partial charge is 0.385 e. The molecule has 0 aliphatic carbocycles. The summed E-state index contributed by atoms with van der Waals surface area (Å²) >= 11 is 0. The number of methoxy groups -OCH3 is 1. The quantitative estimate of drug-likeness (QED) is 0.807. The van der Waals surface area contributed by atoms with Crippen molar-refractivity contribution >= 4 is 5.91 Å². The molecule has 0 aromatic heterocycles. The number of carbonyl (C=O) groups excluding carboxylic acids is 1. The van der Waals surface area contributed by atoms with Crippen LogP contribution in [0, 0.1) is 0 Å². The van der Waals surface area contributed by atoms with Crippen LogP contribution < -0.4 is 0 Å². The van der Waals surface area contributed by atoms with Crippen molar-refractivity contribution in [3.05, 3.63) is 35.9 Å². The van der Waals surface area contributed by atoms with Crippen molar-refractivity contribution in [1.29, 1.82) is 0 Å². The lowest BCUT2D eigenvalue weighted by Crippen LogP contribution is -2.54. The summed E-state index contributed by atoms with van der Waals surface area (Å²) < 4.78 is 5.27. The highest BCUT2D eigenvalue weighted by Crippen LogP contribution is 2.30. The van der Waals surface area contributed by atoms with E-state index in [1.807, 2.05) is 35.2 Å². The molecule has 0 spiro atoms. The van der Waals surface area contributed by atoms with Crippen molar-refractivity contribution in [2.24, 2.45) is 0 Å². The highest BCUT2D eigenvalue weighted by molar-refractivity contribution is 5.78. The molecule has 2 rings (SSSR count). The SMILES string of the molecule is COCCC1(N(C)C)CCN(C(=O)Cc2ccccc2)CC1. The number of hydrogen-bond donors (Lipinski definition) is 0. The molecule has 22 heavy (non-hydrogen) atoms. The molecule has 1 fully saturated rings. The van der Waals surface area contributed by atoms with Gasteiger partial charge in [-0.15, -0.1) is 0 Å². The molecule has 1 amide bonds. The molecule has 122 valence electrons. The maximum Gasteiger partial charge on any atom is 0.226 e. The summed E-state index contributed by atoms with van der Waals surface area (Å²) in [6, 6.07) is 9.99. The van der Waals surface area contributed by atoms with Gasteiger partial charge in [0, 0.05) is 32.3 Å². The molecule has 0 unspecified atom stereocenters. The van der Waals surface area contributed by atoms with Crippen molar-refractivity contribution in [3.8, 4) is 0 Å². The normalized spacial score (nSPS) is 17.7. The fraction of sp³-hybridized carbons (Fsp3) is 0.611. The summed E-state index contributed by atoms with van der Waals surface area (Å²) in [5.41, 5.74) is 1.26. The lowest BCUT2D eigenvalue weighted by Gasteiger charge is -2.46. The molecule has 1 aromatic carbocycles. The smallest absolute Gasteiger partial charge is 0.226 e. The van der Waals surface area contributed by atoms with Crippen LogP contribution in [0.15, 0.2) is 30.3 Å². The summed E-state index contributed by atoms with van der Waals surface area (Å²) in [5, 5.41) is 0. The Balaban J connectivity index is 1.91. The van der Waals surface area contributed by atoms with Crippen LogP contribution in [0.1, 0.15) is 24.8 Å². The van der Waals surface area contributed by atoms with E-state index in [0.29, 0.717) is 6.42 Å². The molecular formula is C18H28N2O2. The first-order chi connectivity index (χ1) is 10.6. The predicted molar refractivity (Wildman–Crippen MR) is 88.9 cm³/mol. The molecule has 1 saturated heterocycles. The van der Waals surface area contributed by atoms with Crippen LogP contribution in [-0.4, -0.2) is 62.1 Å². The zero-order valence-electron chi connectivity index (χ0n) is 14.0. The Bertz CT molecular complexity index is 465. The van der Waals surface area contributed by atoms with E-state index in [4.69, 9.17) is 4.74 Å². The number of benzene rings is 1. The second-order valence-electron chi connectivity index (χ2n) is 6.40. The summed E-state index contributed by atoms with van der Waals surface area (Å²) in [6.07, 6.45) is 3.57. The van der Waals surface area contributed by atoms with Gasteiger partial charge in [-0.3, -0.25) is 4.79 Å². The zero-order chi connectivity index (χ0) is 16.0. The Morgan fingerprint density at radius 3 is 2.41 bits per heavy atom. The summed E-state index contributed by atoms with van der Waals surface area (Å²) in [5.74, 6) is 0.241. The first kappa shape index (κ1) is 17.0. The molecule has 4 heteroatoms. The van der Waals surface area contributed by atoms with Gasteiger partial charge in [-0.1, -0.05) is 30.3 Å². The lowest BCUT2D eigenvalue weighted by molar-refractivity contribution is -0.133. The van der Waals surface area contributed by atoms with Crippen molar-refractivity contribution in [2.45, 2.75) is 31.2 Å². The molecule has 0 N–H and O–H groups in total. The van der Waals surface area contributed by atoms with Crippen LogP contribution >= 0.6 is 0 Å². The van der Waals surface area contributed by atoms with Crippen molar-refractivity contribution < 1.29 is 9.53 Å². The number of hydrogen-bond acceptors (Lipinski definition) is 3. The number of ether oxygens (including phenoxy) is 1. The van der Waals surface area contributed by atoms with E-state index < -0.39 is 0 Å². The van der Waals surface area contributed by atoms with Gasteiger partial charge in [-0.25, -0.2) is 0 Å². The molecule has 0 bridgehead atoms. The van der Waals surface area contributed by atoms with E-state index >= 15 is 0 Å². The third kappa shape index (κ3) is 4.08. The summed E-state index contributed by atoms with van der Waals surface area (Å²) in [7, 11) is 6.02. The Morgan fingerprint density at radius 2 is 1.86 bits per heavy atom. The second-order valence-corrected chi connectivity index (χ2v) is 6.40. The van der Waals surface area contributed by atoms with Crippen LogP contribution in [0.2, 0.25) is 0 Å². The number of carbonyl (C=O) groups is 1. The molecule has 0 radical (unpaired) electrons. The molecule has 1 aliphatic heterocycles.